The first kappa shape index (κ1) is 15.0. The number of amides is 2. The van der Waals surface area contributed by atoms with E-state index in [-0.39, 0.29) is 24.0 Å². The Morgan fingerprint density at radius 1 is 1.30 bits per heavy atom. The zero-order valence-electron chi connectivity index (χ0n) is 12.3. The summed E-state index contributed by atoms with van der Waals surface area (Å²) in [5, 5.41) is 5.21. The first-order chi connectivity index (χ1) is 11.0. The second-order valence-corrected chi connectivity index (χ2v) is 5.13. The highest BCUT2D eigenvalue weighted by molar-refractivity contribution is 5.99. The number of ether oxygens (including phenoxy) is 1. The fraction of sp³-hybridized carbons (Fsp3) is 0.188. The Hall–Kier alpha value is -2.96. The molecule has 2 N–H and O–H groups in total. The normalized spacial score (nSPS) is 15.5. The lowest BCUT2D eigenvalue weighted by Crippen LogP contribution is -2.32. The summed E-state index contributed by atoms with van der Waals surface area (Å²) in [5.41, 5.74) is 1.04. The molecule has 1 aromatic heterocycles. The van der Waals surface area contributed by atoms with Gasteiger partial charge in [-0.05, 0) is 30.3 Å². The average molecular weight is 315 g/mol. The number of hydrogen-bond donors (Lipinski definition) is 2. The molecule has 3 rings (SSSR count). The summed E-state index contributed by atoms with van der Waals surface area (Å²) in [7, 11) is 0. The van der Waals surface area contributed by atoms with Gasteiger partial charge in [0.2, 0.25) is 5.91 Å². The molecule has 1 aliphatic heterocycles. The third-order valence-electron chi connectivity index (χ3n) is 3.35. The third-order valence-corrected chi connectivity index (χ3v) is 3.35. The summed E-state index contributed by atoms with van der Waals surface area (Å²) in [4.78, 5) is 27.5. The van der Waals surface area contributed by atoms with Crippen molar-refractivity contribution >= 4 is 23.3 Å². The molecule has 118 valence electrons. The second kappa shape index (κ2) is 6.04. The highest BCUT2D eigenvalue weighted by Crippen LogP contribution is 2.30. The first-order valence-electron chi connectivity index (χ1n) is 7.01. The molecule has 0 spiro atoms. The van der Waals surface area contributed by atoms with Crippen LogP contribution in [0, 0.1) is 5.82 Å². The number of carbonyl (C=O) groups excluding carboxylic acids is 2. The summed E-state index contributed by atoms with van der Waals surface area (Å²) >= 11 is 0. The summed E-state index contributed by atoms with van der Waals surface area (Å²) < 4.78 is 18.7. The van der Waals surface area contributed by atoms with Gasteiger partial charge in [-0.3, -0.25) is 9.59 Å². The van der Waals surface area contributed by atoms with Crippen molar-refractivity contribution < 1.29 is 18.7 Å². The summed E-state index contributed by atoms with van der Waals surface area (Å²) in [6.45, 7) is 1.36. The van der Waals surface area contributed by atoms with Crippen LogP contribution in [0.3, 0.4) is 0 Å². The predicted molar refractivity (Wildman–Crippen MR) is 81.7 cm³/mol. The van der Waals surface area contributed by atoms with Crippen molar-refractivity contribution in [3.8, 4) is 5.75 Å². The number of halogens is 1. The molecule has 7 heteroatoms. The molecule has 0 bridgehead atoms. The molecule has 0 radical (unpaired) electrons. The van der Waals surface area contributed by atoms with Gasteiger partial charge in [-0.2, -0.15) is 0 Å². The molecule has 1 unspecified atom stereocenters. The smallest absolute Gasteiger partial charge is 0.267 e. The largest absolute Gasteiger partial charge is 0.480 e. The molecule has 1 aliphatic rings. The van der Waals surface area contributed by atoms with Crippen molar-refractivity contribution in [3.05, 3.63) is 47.9 Å². The van der Waals surface area contributed by atoms with Gasteiger partial charge < -0.3 is 15.4 Å². The lowest BCUT2D eigenvalue weighted by atomic mass is 10.1. The molecule has 0 saturated heterocycles. The Morgan fingerprint density at radius 3 is 2.91 bits per heavy atom. The minimum Gasteiger partial charge on any atom is -0.480 e. The van der Waals surface area contributed by atoms with Crippen LogP contribution in [0.1, 0.15) is 12.5 Å². The zero-order chi connectivity index (χ0) is 16.4. The summed E-state index contributed by atoms with van der Waals surface area (Å²) in [6.07, 6.45) is 1.01. The fourth-order valence-corrected chi connectivity index (χ4v) is 2.36. The quantitative estimate of drug-likeness (QED) is 0.909. The Morgan fingerprint density at radius 2 is 2.13 bits per heavy atom. The van der Waals surface area contributed by atoms with E-state index in [0.29, 0.717) is 17.0 Å². The number of carbonyl (C=O) groups is 2. The van der Waals surface area contributed by atoms with Crippen LogP contribution in [0.2, 0.25) is 0 Å². The van der Waals surface area contributed by atoms with Crippen LogP contribution in [-0.2, 0) is 16.0 Å². The standard InChI is InChI=1S/C16H14FN3O3/c1-9(21)19-12-3-2-6-18-15(12)20-16(22)14-8-10-7-11(17)4-5-13(10)23-14/h2-7,14H,8H2,1H3,(H,19,21)(H,18,20,22). The number of anilines is 2. The molecule has 2 heterocycles. The Bertz CT molecular complexity index is 779. The maximum absolute atomic E-state index is 13.2. The van der Waals surface area contributed by atoms with Crippen molar-refractivity contribution in [3.63, 3.8) is 0 Å². The molecular formula is C16H14FN3O3. The van der Waals surface area contributed by atoms with Crippen LogP contribution in [0.15, 0.2) is 36.5 Å². The van der Waals surface area contributed by atoms with Crippen LogP contribution in [0.5, 0.6) is 5.75 Å². The van der Waals surface area contributed by atoms with Gasteiger partial charge >= 0.3 is 0 Å². The van der Waals surface area contributed by atoms with Crippen LogP contribution >= 0.6 is 0 Å². The van der Waals surface area contributed by atoms with Crippen LogP contribution in [0.4, 0.5) is 15.9 Å². The number of pyridine rings is 1. The van der Waals surface area contributed by atoms with E-state index < -0.39 is 12.0 Å². The lowest BCUT2D eigenvalue weighted by molar-refractivity contribution is -0.122. The number of fused-ring (bicyclic) bond motifs is 1. The monoisotopic (exact) mass is 315 g/mol. The number of rotatable bonds is 3. The number of nitrogens with one attached hydrogen (secondary N) is 2. The first-order valence-corrected chi connectivity index (χ1v) is 7.01. The molecule has 1 atom stereocenters. The maximum Gasteiger partial charge on any atom is 0.267 e. The Labute approximate surface area is 131 Å². The van der Waals surface area contributed by atoms with Gasteiger partial charge in [-0.15, -0.1) is 0 Å². The van der Waals surface area contributed by atoms with Crippen molar-refractivity contribution in [2.45, 2.75) is 19.4 Å². The van der Waals surface area contributed by atoms with Gasteiger partial charge in [0.1, 0.15) is 11.6 Å². The minimum absolute atomic E-state index is 0.235. The van der Waals surface area contributed by atoms with Gasteiger partial charge in [0, 0.05) is 25.1 Å². The van der Waals surface area contributed by atoms with Gasteiger partial charge in [-0.25, -0.2) is 9.37 Å². The minimum atomic E-state index is -0.765. The number of benzene rings is 1. The Balaban J connectivity index is 1.73. The highest BCUT2D eigenvalue weighted by Gasteiger charge is 2.30. The molecular weight excluding hydrogens is 301 g/mol. The lowest BCUT2D eigenvalue weighted by Gasteiger charge is -2.13. The number of aromatic nitrogens is 1. The number of nitrogens with zero attached hydrogens (tertiary/aromatic N) is 1. The number of hydrogen-bond acceptors (Lipinski definition) is 4. The van der Waals surface area contributed by atoms with E-state index in [1.807, 2.05) is 0 Å². The van der Waals surface area contributed by atoms with Gasteiger partial charge in [0.05, 0.1) is 5.69 Å². The molecule has 0 aliphatic carbocycles. The second-order valence-electron chi connectivity index (χ2n) is 5.13. The van der Waals surface area contributed by atoms with E-state index in [4.69, 9.17) is 4.74 Å². The van der Waals surface area contributed by atoms with Crippen molar-refractivity contribution in [2.75, 3.05) is 10.6 Å². The Kier molecular flexibility index (Phi) is 3.92. The summed E-state index contributed by atoms with van der Waals surface area (Å²) in [5.74, 6) is -0.320. The van der Waals surface area contributed by atoms with Crippen LogP contribution in [-0.4, -0.2) is 22.9 Å². The topological polar surface area (TPSA) is 80.3 Å². The molecule has 1 aromatic carbocycles. The molecule has 2 amide bonds. The predicted octanol–water partition coefficient (Wildman–Crippen LogP) is 2.12. The van der Waals surface area contributed by atoms with Crippen LogP contribution in [0.25, 0.3) is 0 Å². The van der Waals surface area contributed by atoms with E-state index in [1.54, 1.807) is 12.1 Å². The zero-order valence-corrected chi connectivity index (χ0v) is 12.3. The third kappa shape index (κ3) is 3.28. The van der Waals surface area contributed by atoms with E-state index in [1.165, 1.54) is 31.3 Å². The van der Waals surface area contributed by atoms with E-state index >= 15 is 0 Å². The van der Waals surface area contributed by atoms with E-state index in [9.17, 15) is 14.0 Å². The van der Waals surface area contributed by atoms with Crippen molar-refractivity contribution in [1.29, 1.82) is 0 Å². The van der Waals surface area contributed by atoms with Gasteiger partial charge in [0.25, 0.3) is 5.91 Å². The average Bonchev–Trinajstić information content (AvgIpc) is 2.92. The molecule has 6 nitrogen and oxygen atoms in total. The van der Waals surface area contributed by atoms with Crippen LogP contribution < -0.4 is 15.4 Å². The fourth-order valence-electron chi connectivity index (χ4n) is 2.36. The van der Waals surface area contributed by atoms with E-state index in [0.717, 1.165) is 0 Å². The summed E-state index contributed by atoms with van der Waals surface area (Å²) in [6, 6.07) is 7.41. The van der Waals surface area contributed by atoms with Crippen molar-refractivity contribution in [2.24, 2.45) is 0 Å². The maximum atomic E-state index is 13.2. The van der Waals surface area contributed by atoms with Gasteiger partial charge in [-0.1, -0.05) is 0 Å². The van der Waals surface area contributed by atoms with Crippen molar-refractivity contribution in [1.82, 2.24) is 4.98 Å². The highest BCUT2D eigenvalue weighted by atomic mass is 19.1. The molecule has 0 saturated carbocycles. The van der Waals surface area contributed by atoms with Gasteiger partial charge in [0.15, 0.2) is 11.9 Å². The molecule has 23 heavy (non-hydrogen) atoms. The van der Waals surface area contributed by atoms with E-state index in [2.05, 4.69) is 15.6 Å². The SMILES string of the molecule is CC(=O)Nc1cccnc1NC(=O)C1Cc2cc(F)ccc2O1. The molecule has 2 aromatic rings. The molecule has 0 fully saturated rings.